The fourth-order valence-corrected chi connectivity index (χ4v) is 0.697. The first-order chi connectivity index (χ1) is 6.22. The maximum atomic E-state index is 12.6. The molecule has 0 N–H and O–H groups in total. The van der Waals surface area contributed by atoms with Crippen molar-refractivity contribution in [2.45, 2.75) is 0 Å². The van der Waals surface area contributed by atoms with Gasteiger partial charge >= 0.3 is 5.97 Å². The van der Waals surface area contributed by atoms with Gasteiger partial charge in [0.05, 0.1) is 7.11 Å². The van der Waals surface area contributed by atoms with Crippen molar-refractivity contribution in [2.75, 3.05) is 13.7 Å². The molecule has 0 bridgehead atoms. The predicted molar refractivity (Wildman–Crippen MR) is 42.7 cm³/mol. The molecule has 0 amide bonds. The fourth-order valence-electron chi connectivity index (χ4n) is 0.697. The van der Waals surface area contributed by atoms with E-state index in [1.54, 1.807) is 0 Å². The van der Waals surface area contributed by atoms with Gasteiger partial charge in [0.25, 0.3) is 0 Å². The van der Waals surface area contributed by atoms with E-state index in [4.69, 9.17) is 4.74 Å². The van der Waals surface area contributed by atoms with Crippen LogP contribution in [0.4, 0.5) is 4.39 Å². The maximum Gasteiger partial charge on any atom is 0.343 e. The van der Waals surface area contributed by atoms with Crippen LogP contribution in [-0.2, 0) is 9.53 Å². The van der Waals surface area contributed by atoms with Crippen molar-refractivity contribution in [1.29, 1.82) is 0 Å². The minimum absolute atomic E-state index is 0.186. The summed E-state index contributed by atoms with van der Waals surface area (Å²) in [5, 5.41) is 0. The molecule has 0 aliphatic rings. The Kier molecular flexibility index (Phi) is 3.25. The number of rotatable bonds is 3. The van der Waals surface area contributed by atoms with Gasteiger partial charge in [0.15, 0.2) is 6.61 Å². The molecule has 4 heteroatoms. The van der Waals surface area contributed by atoms with Crippen LogP contribution in [0.1, 0.15) is 0 Å². The molecule has 3 nitrogen and oxygen atoms in total. The van der Waals surface area contributed by atoms with Crippen molar-refractivity contribution < 1.29 is 18.7 Å². The Morgan fingerprint density at radius 1 is 1.69 bits per heavy atom. The van der Waals surface area contributed by atoms with E-state index in [2.05, 4.69) is 10.8 Å². The number of benzene rings is 1. The number of hydrogen-bond acceptors (Lipinski definition) is 3. The van der Waals surface area contributed by atoms with Gasteiger partial charge in [-0.3, -0.25) is 0 Å². The Bertz CT molecular complexity index is 299. The molecule has 0 aliphatic carbocycles. The first-order valence-electron chi connectivity index (χ1n) is 3.59. The van der Waals surface area contributed by atoms with Crippen LogP contribution in [0, 0.1) is 11.9 Å². The van der Waals surface area contributed by atoms with Gasteiger partial charge < -0.3 is 9.47 Å². The van der Waals surface area contributed by atoms with E-state index in [-0.39, 0.29) is 12.4 Å². The molecule has 1 aromatic carbocycles. The predicted octanol–water partition coefficient (Wildman–Crippen LogP) is 1.18. The van der Waals surface area contributed by atoms with Crippen LogP contribution < -0.4 is 4.74 Å². The van der Waals surface area contributed by atoms with Crippen molar-refractivity contribution in [1.82, 2.24) is 0 Å². The van der Waals surface area contributed by atoms with Crippen molar-refractivity contribution in [3.05, 3.63) is 30.1 Å². The molecule has 1 radical (unpaired) electrons. The first-order valence-corrected chi connectivity index (χ1v) is 3.59. The SMILES string of the molecule is COC(=O)COc1[c]ccc(F)c1. The van der Waals surface area contributed by atoms with Crippen LogP contribution in [0.25, 0.3) is 0 Å². The highest BCUT2D eigenvalue weighted by atomic mass is 19.1. The van der Waals surface area contributed by atoms with Crippen LogP contribution in [-0.4, -0.2) is 19.7 Å². The van der Waals surface area contributed by atoms with Gasteiger partial charge in [0, 0.05) is 12.1 Å². The molecule has 0 heterocycles. The molecule has 0 spiro atoms. The number of carbonyl (C=O) groups excluding carboxylic acids is 1. The van der Waals surface area contributed by atoms with Crippen LogP contribution in [0.15, 0.2) is 18.2 Å². The Labute approximate surface area is 75.1 Å². The summed E-state index contributed by atoms with van der Waals surface area (Å²) in [5.74, 6) is -0.762. The molecule has 69 valence electrons. The van der Waals surface area contributed by atoms with Crippen molar-refractivity contribution >= 4 is 5.97 Å². The van der Waals surface area contributed by atoms with E-state index < -0.39 is 11.8 Å². The van der Waals surface area contributed by atoms with Gasteiger partial charge in [-0.05, 0) is 12.1 Å². The lowest BCUT2D eigenvalue weighted by Crippen LogP contribution is -2.12. The third-order valence-electron chi connectivity index (χ3n) is 1.31. The standard InChI is InChI=1S/C9H8FO3/c1-12-9(11)6-13-8-4-2-3-7(10)5-8/h2-3,5H,6H2,1H3. The largest absolute Gasteiger partial charge is 0.481 e. The zero-order valence-corrected chi connectivity index (χ0v) is 7.04. The molecule has 0 atom stereocenters. The van der Waals surface area contributed by atoms with Crippen LogP contribution >= 0.6 is 0 Å². The van der Waals surface area contributed by atoms with E-state index in [0.29, 0.717) is 0 Å². The lowest BCUT2D eigenvalue weighted by atomic mass is 10.3. The molecule has 1 aromatic rings. The van der Waals surface area contributed by atoms with E-state index in [0.717, 1.165) is 6.07 Å². The van der Waals surface area contributed by atoms with Crippen molar-refractivity contribution in [3.8, 4) is 5.75 Å². The zero-order chi connectivity index (χ0) is 9.68. The number of carbonyl (C=O) groups is 1. The summed E-state index contributed by atoms with van der Waals surface area (Å²) in [4.78, 5) is 10.6. The van der Waals surface area contributed by atoms with E-state index in [9.17, 15) is 9.18 Å². The van der Waals surface area contributed by atoms with Gasteiger partial charge in [-0.15, -0.1) is 0 Å². The minimum Gasteiger partial charge on any atom is -0.481 e. The number of methoxy groups -OCH3 is 1. The second kappa shape index (κ2) is 4.45. The summed E-state index contributed by atoms with van der Waals surface area (Å²) in [7, 11) is 1.25. The van der Waals surface area contributed by atoms with Gasteiger partial charge in [0.1, 0.15) is 11.6 Å². The highest BCUT2D eigenvalue weighted by molar-refractivity contribution is 5.70. The fraction of sp³-hybridized carbons (Fsp3) is 0.222. The number of esters is 1. The Balaban J connectivity index is 2.50. The lowest BCUT2D eigenvalue weighted by Gasteiger charge is -2.03. The Morgan fingerprint density at radius 3 is 3.08 bits per heavy atom. The average Bonchev–Trinajstić information content (AvgIpc) is 2.14. The second-order valence-electron chi connectivity index (χ2n) is 2.24. The van der Waals surface area contributed by atoms with E-state index in [1.165, 1.54) is 19.2 Å². The number of ether oxygens (including phenoxy) is 2. The summed E-state index contributed by atoms with van der Waals surface area (Å²) < 4.78 is 21.8. The third-order valence-corrected chi connectivity index (χ3v) is 1.31. The zero-order valence-electron chi connectivity index (χ0n) is 7.04. The van der Waals surface area contributed by atoms with Gasteiger partial charge in [0.2, 0.25) is 0 Å². The third kappa shape index (κ3) is 3.11. The van der Waals surface area contributed by atoms with Crippen molar-refractivity contribution in [3.63, 3.8) is 0 Å². The highest BCUT2D eigenvalue weighted by Crippen LogP contribution is 2.10. The molecule has 0 aliphatic heterocycles. The topological polar surface area (TPSA) is 35.5 Å². The second-order valence-corrected chi connectivity index (χ2v) is 2.24. The normalized spacial score (nSPS) is 9.38. The lowest BCUT2D eigenvalue weighted by molar-refractivity contribution is -0.142. The average molecular weight is 183 g/mol. The highest BCUT2D eigenvalue weighted by Gasteiger charge is 2.01. The smallest absolute Gasteiger partial charge is 0.343 e. The summed E-state index contributed by atoms with van der Waals surface area (Å²) >= 11 is 0. The number of hydrogen-bond donors (Lipinski definition) is 0. The molecule has 0 fully saturated rings. The maximum absolute atomic E-state index is 12.6. The van der Waals surface area contributed by atoms with Crippen LogP contribution in [0.2, 0.25) is 0 Å². The summed E-state index contributed by atoms with van der Waals surface area (Å²) in [6.07, 6.45) is 0. The summed E-state index contributed by atoms with van der Waals surface area (Å²) in [6, 6.07) is 6.38. The first kappa shape index (κ1) is 9.51. The summed E-state index contributed by atoms with van der Waals surface area (Å²) in [5.41, 5.74) is 0. The monoisotopic (exact) mass is 183 g/mol. The quantitative estimate of drug-likeness (QED) is 0.660. The Hall–Kier alpha value is -1.58. The molecule has 13 heavy (non-hydrogen) atoms. The van der Waals surface area contributed by atoms with Gasteiger partial charge in [-0.25, -0.2) is 9.18 Å². The number of halogens is 1. The van der Waals surface area contributed by atoms with Gasteiger partial charge in [-0.2, -0.15) is 0 Å². The molecule has 0 saturated carbocycles. The molecular formula is C9H8FO3. The minimum atomic E-state index is -0.516. The van der Waals surface area contributed by atoms with E-state index in [1.807, 2.05) is 0 Å². The van der Waals surface area contributed by atoms with Gasteiger partial charge in [-0.1, -0.05) is 0 Å². The molecular weight excluding hydrogens is 175 g/mol. The van der Waals surface area contributed by atoms with E-state index >= 15 is 0 Å². The molecule has 0 aromatic heterocycles. The van der Waals surface area contributed by atoms with Crippen LogP contribution in [0.5, 0.6) is 5.75 Å². The summed E-state index contributed by atoms with van der Waals surface area (Å²) in [6.45, 7) is -0.240. The molecule has 1 rings (SSSR count). The van der Waals surface area contributed by atoms with Crippen LogP contribution in [0.3, 0.4) is 0 Å². The molecule has 0 saturated heterocycles. The van der Waals surface area contributed by atoms with Crippen molar-refractivity contribution in [2.24, 2.45) is 0 Å². The molecule has 0 unspecified atom stereocenters. The Morgan fingerprint density at radius 2 is 2.46 bits per heavy atom.